The van der Waals surface area contributed by atoms with Crippen LogP contribution in [0.2, 0.25) is 10.0 Å². The van der Waals surface area contributed by atoms with Gasteiger partial charge in [-0.25, -0.2) is 0 Å². The van der Waals surface area contributed by atoms with Crippen molar-refractivity contribution >= 4 is 86.6 Å². The molecule has 0 aromatic heterocycles. The first-order chi connectivity index (χ1) is 15.3. The monoisotopic (exact) mass is 518 g/mol. The van der Waals surface area contributed by atoms with Crippen LogP contribution in [0.15, 0.2) is 81.4 Å². The zero-order chi connectivity index (χ0) is 22.8. The van der Waals surface area contributed by atoms with Crippen molar-refractivity contribution in [3.63, 3.8) is 0 Å². The number of hydrogen-bond acceptors (Lipinski definition) is 6. The maximum absolute atomic E-state index is 13.0. The third kappa shape index (κ3) is 4.84. The highest BCUT2D eigenvalue weighted by atomic mass is 35.5. The Balaban J connectivity index is 1.64. The number of benzene rings is 3. The highest BCUT2D eigenvalue weighted by molar-refractivity contribution is 8.27. The minimum absolute atomic E-state index is 0.0553. The van der Waals surface area contributed by atoms with E-state index in [1.165, 1.54) is 22.7 Å². The molecule has 3 aromatic carbocycles. The number of thioether (sulfide) groups is 1. The predicted molar refractivity (Wildman–Crippen MR) is 136 cm³/mol. The highest BCUT2D eigenvalue weighted by Crippen LogP contribution is 2.40. The molecular weight excluding hydrogens is 507 g/mol. The summed E-state index contributed by atoms with van der Waals surface area (Å²) in [6, 6.07) is 18.8. The Morgan fingerprint density at radius 1 is 1.06 bits per heavy atom. The van der Waals surface area contributed by atoms with E-state index in [1.807, 2.05) is 0 Å². The van der Waals surface area contributed by atoms with Crippen molar-refractivity contribution < 1.29 is 9.72 Å². The SMILES string of the molecule is O=C1/C(=C/c2ccc(Sc3ccc(Cl)cc3)c([N+](=O)[O-])c2)SC(=S)N1c1ccccc1Cl. The molecule has 0 radical (unpaired) electrons. The van der Waals surface area contributed by atoms with Gasteiger partial charge in [0.25, 0.3) is 11.6 Å². The summed E-state index contributed by atoms with van der Waals surface area (Å²) in [5.74, 6) is -0.324. The maximum atomic E-state index is 13.0. The molecule has 1 heterocycles. The second-order valence-corrected chi connectivity index (χ2v) is 10.1. The minimum Gasteiger partial charge on any atom is -0.268 e. The molecule has 1 aliphatic heterocycles. The number of hydrogen-bond donors (Lipinski definition) is 0. The number of rotatable bonds is 5. The molecule has 0 aliphatic carbocycles. The summed E-state index contributed by atoms with van der Waals surface area (Å²) >= 11 is 19.9. The first kappa shape index (κ1) is 22.8. The van der Waals surface area contributed by atoms with Gasteiger partial charge in [-0.15, -0.1) is 0 Å². The molecule has 1 saturated heterocycles. The van der Waals surface area contributed by atoms with Gasteiger partial charge in [0.15, 0.2) is 4.32 Å². The molecular formula is C22H12Cl2N2O3S3. The van der Waals surface area contributed by atoms with Crippen LogP contribution in [-0.4, -0.2) is 15.2 Å². The molecule has 32 heavy (non-hydrogen) atoms. The maximum Gasteiger partial charge on any atom is 0.283 e. The van der Waals surface area contributed by atoms with Crippen LogP contribution >= 0.6 is 58.9 Å². The quantitative estimate of drug-likeness (QED) is 0.151. The molecule has 10 heteroatoms. The summed E-state index contributed by atoms with van der Waals surface area (Å²) in [5.41, 5.74) is 0.970. The summed E-state index contributed by atoms with van der Waals surface area (Å²) in [6.45, 7) is 0. The van der Waals surface area contributed by atoms with Gasteiger partial charge in [0, 0.05) is 16.0 Å². The number of halogens is 2. The molecule has 1 amide bonds. The molecule has 4 rings (SSSR count). The van der Waals surface area contributed by atoms with Crippen LogP contribution < -0.4 is 4.90 Å². The Morgan fingerprint density at radius 3 is 2.47 bits per heavy atom. The number of anilines is 1. The largest absolute Gasteiger partial charge is 0.283 e. The van der Waals surface area contributed by atoms with E-state index in [9.17, 15) is 14.9 Å². The molecule has 160 valence electrons. The molecule has 1 fully saturated rings. The predicted octanol–water partition coefficient (Wildman–Crippen LogP) is 7.46. The van der Waals surface area contributed by atoms with E-state index in [-0.39, 0.29) is 11.6 Å². The van der Waals surface area contributed by atoms with Gasteiger partial charge >= 0.3 is 0 Å². The zero-order valence-electron chi connectivity index (χ0n) is 16.0. The lowest BCUT2D eigenvalue weighted by Gasteiger charge is -2.15. The van der Waals surface area contributed by atoms with E-state index in [0.29, 0.717) is 35.4 Å². The molecule has 0 N–H and O–H groups in total. The first-order valence-corrected chi connectivity index (χ1v) is 11.9. The summed E-state index contributed by atoms with van der Waals surface area (Å²) in [5, 5.41) is 12.7. The molecule has 1 aliphatic rings. The second-order valence-electron chi connectivity index (χ2n) is 6.51. The van der Waals surface area contributed by atoms with E-state index >= 15 is 0 Å². The lowest BCUT2D eigenvalue weighted by Crippen LogP contribution is -2.27. The van der Waals surface area contributed by atoms with E-state index < -0.39 is 4.92 Å². The number of thiocarbonyl (C=S) groups is 1. The molecule has 5 nitrogen and oxygen atoms in total. The molecule has 0 saturated carbocycles. The van der Waals surface area contributed by atoms with Crippen LogP contribution in [0.25, 0.3) is 6.08 Å². The zero-order valence-corrected chi connectivity index (χ0v) is 20.0. The van der Waals surface area contributed by atoms with Crippen LogP contribution in [0.5, 0.6) is 0 Å². The number of nitro groups is 1. The van der Waals surface area contributed by atoms with Crippen molar-refractivity contribution in [3.8, 4) is 0 Å². The normalized spacial score (nSPS) is 14.9. The Hall–Kier alpha value is -2.36. The summed E-state index contributed by atoms with van der Waals surface area (Å²) in [7, 11) is 0. The van der Waals surface area contributed by atoms with E-state index in [4.69, 9.17) is 35.4 Å². The van der Waals surface area contributed by atoms with Gasteiger partial charge in [-0.2, -0.15) is 0 Å². The number of nitro benzene ring substituents is 1. The lowest BCUT2D eigenvalue weighted by atomic mass is 10.2. The van der Waals surface area contributed by atoms with Crippen LogP contribution in [0.3, 0.4) is 0 Å². The second kappa shape index (κ2) is 9.64. The molecule has 0 atom stereocenters. The van der Waals surface area contributed by atoms with Crippen molar-refractivity contribution in [1.29, 1.82) is 0 Å². The van der Waals surface area contributed by atoms with Crippen molar-refractivity contribution in [1.82, 2.24) is 0 Å². The summed E-state index contributed by atoms with van der Waals surface area (Å²) < 4.78 is 0.346. The molecule has 0 unspecified atom stereocenters. The standard InChI is InChI=1S/C22H12Cl2N2O3S3/c23-14-6-8-15(9-7-14)31-19-10-5-13(11-18(19)26(28)29)12-20-21(27)25(22(30)32-20)17-4-2-1-3-16(17)24/h1-12H/b20-12-. The third-order valence-corrected chi connectivity index (χ3v) is 7.35. The van der Waals surface area contributed by atoms with Gasteiger partial charge in [-0.3, -0.25) is 19.8 Å². The fourth-order valence-electron chi connectivity index (χ4n) is 2.94. The van der Waals surface area contributed by atoms with Gasteiger partial charge in [0.05, 0.1) is 25.4 Å². The molecule has 0 bridgehead atoms. The smallest absolute Gasteiger partial charge is 0.268 e. The highest BCUT2D eigenvalue weighted by Gasteiger charge is 2.34. The van der Waals surface area contributed by atoms with Crippen molar-refractivity contribution in [2.24, 2.45) is 0 Å². The van der Waals surface area contributed by atoms with E-state index in [2.05, 4.69) is 0 Å². The Labute approximate surface area is 207 Å². The van der Waals surface area contributed by atoms with Crippen molar-refractivity contribution in [2.45, 2.75) is 9.79 Å². The number of amides is 1. The van der Waals surface area contributed by atoms with Crippen molar-refractivity contribution in [2.75, 3.05) is 4.90 Å². The fraction of sp³-hybridized carbons (Fsp3) is 0. The van der Waals surface area contributed by atoms with E-state index in [1.54, 1.807) is 66.7 Å². The number of carbonyl (C=O) groups excluding carboxylic acids is 1. The average Bonchev–Trinajstić information content (AvgIpc) is 3.04. The number of nitrogens with zero attached hydrogens (tertiary/aromatic N) is 2. The Bertz CT molecular complexity index is 1280. The van der Waals surface area contributed by atoms with Crippen LogP contribution in [0, 0.1) is 10.1 Å². The van der Waals surface area contributed by atoms with Gasteiger partial charge in [-0.05, 0) is 54.1 Å². The third-order valence-electron chi connectivity index (χ3n) is 4.41. The lowest BCUT2D eigenvalue weighted by molar-refractivity contribution is -0.387. The van der Waals surface area contributed by atoms with Gasteiger partial charge in [-0.1, -0.05) is 77.1 Å². The summed E-state index contributed by atoms with van der Waals surface area (Å²) in [6.07, 6.45) is 1.60. The average molecular weight is 519 g/mol. The number of para-hydroxylation sites is 1. The van der Waals surface area contributed by atoms with Gasteiger partial charge in [0.1, 0.15) is 0 Å². The topological polar surface area (TPSA) is 63.4 Å². The molecule has 3 aromatic rings. The minimum atomic E-state index is -0.440. The first-order valence-electron chi connectivity index (χ1n) is 9.08. The van der Waals surface area contributed by atoms with E-state index in [0.717, 1.165) is 16.7 Å². The Morgan fingerprint density at radius 2 is 1.78 bits per heavy atom. The number of carbonyl (C=O) groups is 1. The summed E-state index contributed by atoms with van der Waals surface area (Å²) in [4.78, 5) is 27.3. The van der Waals surface area contributed by atoms with Crippen LogP contribution in [0.1, 0.15) is 5.56 Å². The van der Waals surface area contributed by atoms with Crippen LogP contribution in [0.4, 0.5) is 11.4 Å². The molecule has 0 spiro atoms. The fourth-order valence-corrected chi connectivity index (χ4v) is 5.47. The van der Waals surface area contributed by atoms with Crippen LogP contribution in [-0.2, 0) is 4.79 Å². The van der Waals surface area contributed by atoms with Crippen molar-refractivity contribution in [3.05, 3.63) is 97.4 Å². The Kier molecular flexibility index (Phi) is 6.88. The van der Waals surface area contributed by atoms with Gasteiger partial charge in [0.2, 0.25) is 0 Å². The van der Waals surface area contributed by atoms with Gasteiger partial charge < -0.3 is 0 Å².